The molecule has 2 amide bonds. The number of β-lactam (4-membered cyclic amide) rings is 1. The van der Waals surface area contributed by atoms with Crippen LogP contribution < -0.4 is 5.32 Å². The Labute approximate surface area is 125 Å². The lowest BCUT2D eigenvalue weighted by Crippen LogP contribution is -2.73. The minimum Gasteiger partial charge on any atom is -0.327 e. The van der Waals surface area contributed by atoms with E-state index in [1.807, 2.05) is 44.2 Å². The maximum absolute atomic E-state index is 12.7. The number of rotatable bonds is 3. The fraction of sp³-hybridized carbons (Fsp3) is 0.529. The van der Waals surface area contributed by atoms with Crippen LogP contribution in [0.4, 0.5) is 5.69 Å². The first kappa shape index (κ1) is 14.1. The SMILES string of the molecule is CC(C)N1C(=O)C2(CCCC2)C1C(=O)Nc1ccccc1. The van der Waals surface area contributed by atoms with Gasteiger partial charge in [-0.1, -0.05) is 31.0 Å². The molecule has 1 spiro atoms. The van der Waals surface area contributed by atoms with Gasteiger partial charge in [-0.3, -0.25) is 9.59 Å². The van der Waals surface area contributed by atoms with Crippen LogP contribution in [0, 0.1) is 5.41 Å². The van der Waals surface area contributed by atoms with Gasteiger partial charge in [-0.2, -0.15) is 0 Å². The van der Waals surface area contributed by atoms with Gasteiger partial charge in [-0.15, -0.1) is 0 Å². The molecule has 21 heavy (non-hydrogen) atoms. The number of hydrogen-bond acceptors (Lipinski definition) is 2. The Morgan fingerprint density at radius 1 is 1.24 bits per heavy atom. The number of benzene rings is 1. The molecule has 2 aliphatic rings. The predicted octanol–water partition coefficient (Wildman–Crippen LogP) is 2.80. The van der Waals surface area contributed by atoms with Crippen LogP contribution in [0.25, 0.3) is 0 Å². The summed E-state index contributed by atoms with van der Waals surface area (Å²) in [6.45, 7) is 3.95. The van der Waals surface area contributed by atoms with Gasteiger partial charge in [0.25, 0.3) is 0 Å². The quantitative estimate of drug-likeness (QED) is 0.869. The lowest BCUT2D eigenvalue weighted by Gasteiger charge is -2.55. The molecule has 1 saturated heterocycles. The Morgan fingerprint density at radius 2 is 1.86 bits per heavy atom. The van der Waals surface area contributed by atoms with Gasteiger partial charge in [0.1, 0.15) is 6.04 Å². The third-order valence-corrected chi connectivity index (χ3v) is 4.80. The number of nitrogens with zero attached hydrogens (tertiary/aromatic N) is 1. The number of anilines is 1. The van der Waals surface area contributed by atoms with Crippen molar-refractivity contribution in [3.63, 3.8) is 0 Å². The summed E-state index contributed by atoms with van der Waals surface area (Å²) in [5, 5.41) is 2.97. The van der Waals surface area contributed by atoms with Crippen LogP contribution in [0.1, 0.15) is 39.5 Å². The number of carbonyl (C=O) groups is 2. The number of hydrogen-bond donors (Lipinski definition) is 1. The molecular formula is C17H22N2O2. The standard InChI is InChI=1S/C17H22N2O2/c1-12(2)19-14(17(16(19)21)10-6-7-11-17)15(20)18-13-8-4-3-5-9-13/h3-5,8-9,12,14H,6-7,10-11H2,1-2H3,(H,18,20). The normalized spacial score (nSPS) is 23.5. The van der Waals surface area contributed by atoms with Gasteiger partial charge in [0.2, 0.25) is 11.8 Å². The molecule has 0 aromatic heterocycles. The van der Waals surface area contributed by atoms with Crippen LogP contribution in [0.5, 0.6) is 0 Å². The average molecular weight is 286 g/mol. The lowest BCUT2D eigenvalue weighted by molar-refractivity contribution is -0.179. The van der Waals surface area contributed by atoms with Crippen molar-refractivity contribution >= 4 is 17.5 Å². The minimum absolute atomic E-state index is 0.0450. The molecule has 2 fully saturated rings. The summed E-state index contributed by atoms with van der Waals surface area (Å²) >= 11 is 0. The predicted molar refractivity (Wildman–Crippen MR) is 81.7 cm³/mol. The zero-order valence-corrected chi connectivity index (χ0v) is 12.6. The molecule has 112 valence electrons. The van der Waals surface area contributed by atoms with Gasteiger partial charge in [0.15, 0.2) is 0 Å². The van der Waals surface area contributed by atoms with Crippen LogP contribution >= 0.6 is 0 Å². The highest BCUT2D eigenvalue weighted by Crippen LogP contribution is 2.52. The topological polar surface area (TPSA) is 49.4 Å². The highest BCUT2D eigenvalue weighted by Gasteiger charge is 2.64. The lowest BCUT2D eigenvalue weighted by atomic mass is 9.68. The maximum Gasteiger partial charge on any atom is 0.248 e. The summed E-state index contributed by atoms with van der Waals surface area (Å²) in [6.07, 6.45) is 3.80. The van der Waals surface area contributed by atoms with Crippen LogP contribution in [0.15, 0.2) is 30.3 Å². The van der Waals surface area contributed by atoms with E-state index in [-0.39, 0.29) is 23.9 Å². The molecule has 1 atom stereocenters. The molecule has 1 aromatic rings. The number of carbonyl (C=O) groups excluding carboxylic acids is 2. The monoisotopic (exact) mass is 286 g/mol. The fourth-order valence-corrected chi connectivity index (χ4v) is 3.83. The molecule has 0 radical (unpaired) electrons. The van der Waals surface area contributed by atoms with Crippen molar-refractivity contribution in [2.24, 2.45) is 5.41 Å². The van der Waals surface area contributed by atoms with Crippen molar-refractivity contribution in [1.29, 1.82) is 0 Å². The van der Waals surface area contributed by atoms with Crippen LogP contribution in [0.2, 0.25) is 0 Å². The Morgan fingerprint density at radius 3 is 2.43 bits per heavy atom. The summed E-state index contributed by atoms with van der Waals surface area (Å²) in [4.78, 5) is 27.0. The van der Waals surface area contributed by atoms with E-state index in [4.69, 9.17) is 0 Å². The van der Waals surface area contributed by atoms with Crippen molar-refractivity contribution in [3.8, 4) is 0 Å². The van der Waals surface area contributed by atoms with Crippen molar-refractivity contribution in [2.75, 3.05) is 5.32 Å². The maximum atomic E-state index is 12.7. The first-order chi connectivity index (χ1) is 10.1. The molecule has 1 N–H and O–H groups in total. The molecule has 3 rings (SSSR count). The molecule has 4 heteroatoms. The van der Waals surface area contributed by atoms with Crippen molar-refractivity contribution < 1.29 is 9.59 Å². The fourth-order valence-electron chi connectivity index (χ4n) is 3.83. The van der Waals surface area contributed by atoms with Gasteiger partial charge in [-0.25, -0.2) is 0 Å². The molecular weight excluding hydrogens is 264 g/mol. The van der Waals surface area contributed by atoms with Gasteiger partial charge in [0.05, 0.1) is 5.41 Å². The highest BCUT2D eigenvalue weighted by molar-refractivity contribution is 6.07. The summed E-state index contributed by atoms with van der Waals surface area (Å²) < 4.78 is 0. The van der Waals surface area contributed by atoms with E-state index in [0.717, 1.165) is 31.4 Å². The first-order valence-electron chi connectivity index (χ1n) is 7.75. The van der Waals surface area contributed by atoms with E-state index in [1.54, 1.807) is 4.90 Å². The smallest absolute Gasteiger partial charge is 0.248 e. The van der Waals surface area contributed by atoms with E-state index in [2.05, 4.69) is 5.32 Å². The van der Waals surface area contributed by atoms with Gasteiger partial charge < -0.3 is 10.2 Å². The highest BCUT2D eigenvalue weighted by atomic mass is 16.2. The summed E-state index contributed by atoms with van der Waals surface area (Å²) in [5.74, 6) is 0.125. The van der Waals surface area contributed by atoms with Crippen molar-refractivity contribution in [1.82, 2.24) is 4.90 Å². The van der Waals surface area contributed by atoms with Crippen LogP contribution in [-0.4, -0.2) is 28.8 Å². The molecule has 1 unspecified atom stereocenters. The van der Waals surface area contributed by atoms with Crippen molar-refractivity contribution in [3.05, 3.63) is 30.3 Å². The molecule has 4 nitrogen and oxygen atoms in total. The van der Waals surface area contributed by atoms with E-state index in [0.29, 0.717) is 0 Å². The Bertz CT molecular complexity index is 547. The van der Waals surface area contributed by atoms with Crippen molar-refractivity contribution in [2.45, 2.75) is 51.6 Å². The van der Waals surface area contributed by atoms with Crippen LogP contribution in [0.3, 0.4) is 0 Å². The van der Waals surface area contributed by atoms with Crippen LogP contribution in [-0.2, 0) is 9.59 Å². The zero-order chi connectivity index (χ0) is 15.0. The molecule has 1 aliphatic heterocycles. The second kappa shape index (κ2) is 5.17. The van der Waals surface area contributed by atoms with Gasteiger partial charge in [-0.05, 0) is 38.8 Å². The second-order valence-corrected chi connectivity index (χ2v) is 6.43. The summed E-state index contributed by atoms with van der Waals surface area (Å²) in [7, 11) is 0. The average Bonchev–Trinajstić information content (AvgIpc) is 2.96. The third kappa shape index (κ3) is 2.13. The summed E-state index contributed by atoms with van der Waals surface area (Å²) in [5.41, 5.74) is 0.363. The molecule has 1 aliphatic carbocycles. The van der Waals surface area contributed by atoms with E-state index >= 15 is 0 Å². The van der Waals surface area contributed by atoms with E-state index in [9.17, 15) is 9.59 Å². The molecule has 0 bridgehead atoms. The number of likely N-dealkylation sites (tertiary alicyclic amines) is 1. The molecule has 1 aromatic carbocycles. The third-order valence-electron chi connectivity index (χ3n) is 4.80. The van der Waals surface area contributed by atoms with Gasteiger partial charge in [0, 0.05) is 11.7 Å². The first-order valence-corrected chi connectivity index (χ1v) is 7.75. The number of amides is 2. The summed E-state index contributed by atoms with van der Waals surface area (Å²) in [6, 6.07) is 9.21. The minimum atomic E-state index is -0.427. The Balaban J connectivity index is 1.83. The largest absolute Gasteiger partial charge is 0.327 e. The van der Waals surface area contributed by atoms with E-state index in [1.165, 1.54) is 0 Å². The number of para-hydroxylation sites is 1. The Kier molecular flexibility index (Phi) is 3.47. The molecule has 1 saturated carbocycles. The van der Waals surface area contributed by atoms with Gasteiger partial charge >= 0.3 is 0 Å². The zero-order valence-electron chi connectivity index (χ0n) is 12.6. The molecule has 1 heterocycles. The Hall–Kier alpha value is -1.84. The second-order valence-electron chi connectivity index (χ2n) is 6.43. The number of nitrogens with one attached hydrogen (secondary N) is 1. The van der Waals surface area contributed by atoms with E-state index < -0.39 is 5.41 Å².